The van der Waals surface area contributed by atoms with E-state index < -0.39 is 0 Å². The Morgan fingerprint density at radius 2 is 1.65 bits per heavy atom. The second kappa shape index (κ2) is 7.27. The Hall–Kier alpha value is -2.08. The second-order valence-corrected chi connectivity index (χ2v) is 7.57. The number of morpholine rings is 1. The van der Waals surface area contributed by atoms with Gasteiger partial charge in [-0.2, -0.15) is 0 Å². The summed E-state index contributed by atoms with van der Waals surface area (Å²) in [5.41, 5.74) is 1.85. The van der Waals surface area contributed by atoms with Crippen LogP contribution >= 0.6 is 0 Å². The number of benzene rings is 1. The van der Waals surface area contributed by atoms with E-state index in [4.69, 9.17) is 4.74 Å². The first kappa shape index (κ1) is 17.3. The van der Waals surface area contributed by atoms with Crippen LogP contribution < -0.4 is 4.90 Å². The molecule has 0 bridgehead atoms. The van der Waals surface area contributed by atoms with E-state index in [-0.39, 0.29) is 12.0 Å². The number of piperazine rings is 1. The maximum absolute atomic E-state index is 12.6. The van der Waals surface area contributed by atoms with Gasteiger partial charge in [0.25, 0.3) is 5.91 Å². The van der Waals surface area contributed by atoms with Crippen LogP contribution in [0.4, 0.5) is 5.69 Å². The van der Waals surface area contributed by atoms with Gasteiger partial charge in [-0.1, -0.05) is 0 Å². The Balaban J connectivity index is 1.34. The van der Waals surface area contributed by atoms with Crippen LogP contribution in [0, 0.1) is 5.92 Å². The third kappa shape index (κ3) is 3.70. The third-order valence-corrected chi connectivity index (χ3v) is 5.53. The largest absolute Gasteiger partial charge is 0.375 e. The van der Waals surface area contributed by atoms with E-state index in [1.807, 2.05) is 41.0 Å². The van der Waals surface area contributed by atoms with Gasteiger partial charge >= 0.3 is 0 Å². The van der Waals surface area contributed by atoms with E-state index in [1.165, 1.54) is 0 Å². The lowest BCUT2D eigenvalue weighted by Crippen LogP contribution is -2.49. The van der Waals surface area contributed by atoms with Crippen LogP contribution in [0.25, 0.3) is 0 Å². The van der Waals surface area contributed by atoms with Gasteiger partial charge in [0.1, 0.15) is 0 Å². The van der Waals surface area contributed by atoms with Gasteiger partial charge in [-0.3, -0.25) is 9.59 Å². The van der Waals surface area contributed by atoms with Gasteiger partial charge in [-0.25, -0.2) is 0 Å². The average Bonchev–Trinajstić information content (AvgIpc) is 3.52. The number of hydrogen-bond donors (Lipinski definition) is 0. The summed E-state index contributed by atoms with van der Waals surface area (Å²) in [6, 6.07) is 7.88. The molecule has 3 aliphatic rings. The zero-order chi connectivity index (χ0) is 18.1. The summed E-state index contributed by atoms with van der Waals surface area (Å²) in [6.45, 7) is 7.20. The molecule has 1 aromatic rings. The predicted octanol–water partition coefficient (Wildman–Crippen LogP) is 1.61. The van der Waals surface area contributed by atoms with Crippen molar-refractivity contribution in [2.45, 2.75) is 25.9 Å². The molecule has 4 rings (SSSR count). The number of carbonyl (C=O) groups excluding carboxylic acids is 2. The van der Waals surface area contributed by atoms with Crippen LogP contribution in [0.3, 0.4) is 0 Å². The molecule has 1 aliphatic carbocycles. The van der Waals surface area contributed by atoms with E-state index in [0.29, 0.717) is 31.5 Å². The monoisotopic (exact) mass is 357 g/mol. The van der Waals surface area contributed by atoms with Gasteiger partial charge in [0, 0.05) is 56.4 Å². The van der Waals surface area contributed by atoms with E-state index >= 15 is 0 Å². The molecule has 2 aliphatic heterocycles. The maximum Gasteiger partial charge on any atom is 0.254 e. The molecule has 26 heavy (non-hydrogen) atoms. The fourth-order valence-corrected chi connectivity index (χ4v) is 3.77. The highest BCUT2D eigenvalue weighted by Crippen LogP contribution is 2.31. The summed E-state index contributed by atoms with van der Waals surface area (Å²) in [6.07, 6.45) is 2.23. The first-order valence-electron chi connectivity index (χ1n) is 9.66. The quantitative estimate of drug-likeness (QED) is 0.825. The molecule has 2 amide bonds. The summed E-state index contributed by atoms with van der Waals surface area (Å²) < 4.78 is 5.51. The van der Waals surface area contributed by atoms with Gasteiger partial charge < -0.3 is 19.4 Å². The number of rotatable bonds is 3. The molecule has 2 saturated heterocycles. The molecule has 1 atom stereocenters. The lowest BCUT2D eigenvalue weighted by atomic mass is 10.1. The van der Waals surface area contributed by atoms with E-state index in [9.17, 15) is 9.59 Å². The smallest absolute Gasteiger partial charge is 0.254 e. The van der Waals surface area contributed by atoms with Gasteiger partial charge in [0.05, 0.1) is 12.7 Å². The first-order valence-corrected chi connectivity index (χ1v) is 9.66. The first-order chi connectivity index (χ1) is 12.6. The fourth-order valence-electron chi connectivity index (χ4n) is 3.77. The zero-order valence-electron chi connectivity index (χ0n) is 15.4. The van der Waals surface area contributed by atoms with Crippen molar-refractivity contribution in [3.8, 4) is 0 Å². The van der Waals surface area contributed by atoms with E-state index in [2.05, 4.69) is 4.90 Å². The zero-order valence-corrected chi connectivity index (χ0v) is 15.4. The molecule has 1 aromatic carbocycles. The van der Waals surface area contributed by atoms with E-state index in [0.717, 1.165) is 50.3 Å². The number of amides is 2. The molecule has 0 aromatic heterocycles. The van der Waals surface area contributed by atoms with Gasteiger partial charge in [-0.05, 0) is 44.0 Å². The number of hydrogen-bond acceptors (Lipinski definition) is 4. The summed E-state index contributed by atoms with van der Waals surface area (Å²) in [5, 5.41) is 0. The Kier molecular flexibility index (Phi) is 4.85. The van der Waals surface area contributed by atoms with Crippen molar-refractivity contribution in [2.24, 2.45) is 5.92 Å². The number of anilines is 1. The highest BCUT2D eigenvalue weighted by molar-refractivity contribution is 5.94. The van der Waals surface area contributed by atoms with Crippen LogP contribution in [0.15, 0.2) is 24.3 Å². The third-order valence-electron chi connectivity index (χ3n) is 5.53. The molecule has 1 unspecified atom stereocenters. The fraction of sp³-hybridized carbons (Fsp3) is 0.600. The lowest BCUT2D eigenvalue weighted by molar-refractivity contribution is -0.132. The average molecular weight is 357 g/mol. The van der Waals surface area contributed by atoms with Crippen LogP contribution in [0.5, 0.6) is 0 Å². The molecule has 0 radical (unpaired) electrons. The van der Waals surface area contributed by atoms with Gasteiger partial charge in [-0.15, -0.1) is 0 Å². The Labute approximate surface area is 154 Å². The van der Waals surface area contributed by atoms with Gasteiger partial charge in [0.15, 0.2) is 0 Å². The highest BCUT2D eigenvalue weighted by Gasteiger charge is 2.34. The molecule has 3 fully saturated rings. The summed E-state index contributed by atoms with van der Waals surface area (Å²) in [7, 11) is 0. The summed E-state index contributed by atoms with van der Waals surface area (Å²) in [5.74, 6) is 0.714. The van der Waals surface area contributed by atoms with Crippen molar-refractivity contribution in [3.63, 3.8) is 0 Å². The topological polar surface area (TPSA) is 53.1 Å². The Morgan fingerprint density at radius 3 is 2.27 bits per heavy atom. The predicted molar refractivity (Wildman–Crippen MR) is 99.3 cm³/mol. The summed E-state index contributed by atoms with van der Waals surface area (Å²) in [4.78, 5) is 31.0. The Morgan fingerprint density at radius 1 is 0.962 bits per heavy atom. The molecule has 6 nitrogen and oxygen atoms in total. The molecule has 0 N–H and O–H groups in total. The van der Waals surface area contributed by atoms with Crippen molar-refractivity contribution in [1.82, 2.24) is 9.80 Å². The van der Waals surface area contributed by atoms with Crippen LogP contribution in [0.1, 0.15) is 30.1 Å². The van der Waals surface area contributed by atoms with Crippen molar-refractivity contribution < 1.29 is 14.3 Å². The highest BCUT2D eigenvalue weighted by atomic mass is 16.5. The van der Waals surface area contributed by atoms with Gasteiger partial charge in [0.2, 0.25) is 5.91 Å². The number of carbonyl (C=O) groups is 2. The molecular formula is C20H27N3O3. The van der Waals surface area contributed by atoms with Crippen LogP contribution in [0.2, 0.25) is 0 Å². The number of ether oxygens (including phenoxy) is 1. The standard InChI is InChI=1S/C20H27N3O3/c1-15-14-23(12-13-26-15)20(25)17-4-6-18(7-5-17)21-8-10-22(11-9-21)19(24)16-2-3-16/h4-7,15-16H,2-3,8-14H2,1H3. The molecule has 2 heterocycles. The second-order valence-electron chi connectivity index (χ2n) is 7.57. The molecule has 140 valence electrons. The normalized spacial score (nSPS) is 23.9. The van der Waals surface area contributed by atoms with Crippen molar-refractivity contribution in [2.75, 3.05) is 50.8 Å². The van der Waals surface area contributed by atoms with Crippen molar-refractivity contribution >= 4 is 17.5 Å². The van der Waals surface area contributed by atoms with Crippen LogP contribution in [-0.4, -0.2) is 73.6 Å². The summed E-state index contributed by atoms with van der Waals surface area (Å²) >= 11 is 0. The molecule has 6 heteroatoms. The Bertz CT molecular complexity index is 663. The molecule has 1 saturated carbocycles. The maximum atomic E-state index is 12.6. The minimum absolute atomic E-state index is 0.0755. The van der Waals surface area contributed by atoms with Crippen molar-refractivity contribution in [3.05, 3.63) is 29.8 Å². The minimum atomic E-state index is 0.0755. The molecule has 0 spiro atoms. The minimum Gasteiger partial charge on any atom is -0.375 e. The SMILES string of the molecule is CC1CN(C(=O)c2ccc(N3CCN(C(=O)C4CC4)CC3)cc2)CCO1. The van der Waals surface area contributed by atoms with E-state index in [1.54, 1.807) is 0 Å². The van der Waals surface area contributed by atoms with Crippen LogP contribution in [-0.2, 0) is 9.53 Å². The molecular weight excluding hydrogens is 330 g/mol. The number of nitrogens with zero attached hydrogens (tertiary/aromatic N) is 3. The lowest BCUT2D eigenvalue weighted by Gasteiger charge is -2.36. The van der Waals surface area contributed by atoms with Crippen molar-refractivity contribution in [1.29, 1.82) is 0 Å².